The SMILES string of the molecule is Cc1ccc(-c2ccccc2)nc1.[CH3-].[Ir].[c-]1ccccc1-c1nccc2ccccc12. The van der Waals surface area contributed by atoms with Crippen LogP contribution in [0.4, 0.5) is 0 Å². The molecular weight excluding hydrogens is 557 g/mol. The Bertz CT molecular complexity index is 1180. The van der Waals surface area contributed by atoms with Gasteiger partial charge in [0.2, 0.25) is 0 Å². The predicted octanol–water partition coefficient (Wildman–Crippen LogP) is 7.21. The van der Waals surface area contributed by atoms with E-state index in [4.69, 9.17) is 0 Å². The zero-order chi connectivity index (χ0) is 19.9. The first-order valence-electron chi connectivity index (χ1n) is 9.60. The van der Waals surface area contributed by atoms with Crippen molar-refractivity contribution in [2.75, 3.05) is 0 Å². The molecule has 2 heterocycles. The molecule has 5 aromatic rings. The molecule has 2 aromatic heterocycles. The van der Waals surface area contributed by atoms with Crippen LogP contribution in [0.1, 0.15) is 5.56 Å². The maximum Gasteiger partial charge on any atom is 0.0702 e. The molecule has 0 atom stereocenters. The molecule has 0 unspecified atom stereocenters. The molecule has 3 heteroatoms. The standard InChI is InChI=1S/C15H10N.C12H11N.CH3.Ir/c1-2-7-13(8-3-1)15-14-9-5-4-6-12(14)10-11-16-15;1-10-7-8-12(13-9-10)11-5-3-2-4-6-11;;/h1-7,9-11H;2-9H,1H3;1H3;/q-1;;-1;. The van der Waals surface area contributed by atoms with E-state index in [0.29, 0.717) is 0 Å². The van der Waals surface area contributed by atoms with Gasteiger partial charge in [-0.05, 0) is 41.1 Å². The van der Waals surface area contributed by atoms with Gasteiger partial charge in [-0.25, -0.2) is 0 Å². The molecule has 0 saturated heterocycles. The summed E-state index contributed by atoms with van der Waals surface area (Å²) in [6.45, 7) is 2.04. The first-order chi connectivity index (χ1) is 14.3. The number of hydrogen-bond acceptors (Lipinski definition) is 2. The Hall–Kier alpha value is -3.13. The van der Waals surface area contributed by atoms with Crippen molar-refractivity contribution >= 4 is 10.8 Å². The van der Waals surface area contributed by atoms with Gasteiger partial charge < -0.3 is 12.4 Å². The van der Waals surface area contributed by atoms with Crippen molar-refractivity contribution < 1.29 is 20.1 Å². The van der Waals surface area contributed by atoms with E-state index in [9.17, 15) is 0 Å². The molecule has 2 nitrogen and oxygen atoms in total. The minimum absolute atomic E-state index is 0. The number of aromatic nitrogens is 2. The number of rotatable bonds is 2. The summed E-state index contributed by atoms with van der Waals surface area (Å²) in [5.74, 6) is 0. The Morgan fingerprint density at radius 3 is 2.16 bits per heavy atom. The van der Waals surface area contributed by atoms with Crippen molar-refractivity contribution in [2.45, 2.75) is 6.92 Å². The average Bonchev–Trinajstić information content (AvgIpc) is 2.81. The van der Waals surface area contributed by atoms with Gasteiger partial charge in [-0.1, -0.05) is 60.7 Å². The van der Waals surface area contributed by atoms with Crippen molar-refractivity contribution in [1.29, 1.82) is 0 Å². The summed E-state index contributed by atoms with van der Waals surface area (Å²) in [5, 5.41) is 2.39. The summed E-state index contributed by atoms with van der Waals surface area (Å²) >= 11 is 0. The third-order valence-electron chi connectivity index (χ3n) is 4.62. The minimum atomic E-state index is 0. The normalized spacial score (nSPS) is 9.58. The molecule has 0 amide bonds. The van der Waals surface area contributed by atoms with Crippen LogP contribution in [-0.2, 0) is 20.1 Å². The number of hydrogen-bond donors (Lipinski definition) is 0. The first kappa shape index (κ1) is 24.1. The van der Waals surface area contributed by atoms with Crippen LogP contribution in [-0.4, -0.2) is 9.97 Å². The van der Waals surface area contributed by atoms with E-state index in [2.05, 4.69) is 46.4 Å². The van der Waals surface area contributed by atoms with Gasteiger partial charge in [0.15, 0.2) is 0 Å². The second-order valence-corrected chi connectivity index (χ2v) is 6.74. The third kappa shape index (κ3) is 6.18. The van der Waals surface area contributed by atoms with Gasteiger partial charge >= 0.3 is 0 Å². The largest absolute Gasteiger partial charge is 0.358 e. The molecule has 1 radical (unpaired) electrons. The number of pyridine rings is 2. The fourth-order valence-corrected chi connectivity index (χ4v) is 3.12. The fourth-order valence-electron chi connectivity index (χ4n) is 3.12. The summed E-state index contributed by atoms with van der Waals surface area (Å²) < 4.78 is 0. The Morgan fingerprint density at radius 1 is 0.710 bits per heavy atom. The van der Waals surface area contributed by atoms with Crippen molar-refractivity contribution in [3.63, 3.8) is 0 Å². The molecule has 0 bridgehead atoms. The van der Waals surface area contributed by atoms with Crippen LogP contribution in [0.25, 0.3) is 33.3 Å². The zero-order valence-electron chi connectivity index (χ0n) is 17.6. The third-order valence-corrected chi connectivity index (χ3v) is 4.62. The van der Waals surface area contributed by atoms with E-state index in [1.165, 1.54) is 21.9 Å². The molecule has 0 saturated carbocycles. The van der Waals surface area contributed by atoms with Crippen molar-refractivity contribution in [3.05, 3.63) is 129 Å². The van der Waals surface area contributed by atoms with E-state index in [-0.39, 0.29) is 27.5 Å². The zero-order valence-corrected chi connectivity index (χ0v) is 20.0. The monoisotopic (exact) mass is 581 g/mol. The molecule has 0 fully saturated rings. The van der Waals surface area contributed by atoms with Gasteiger partial charge in [0.1, 0.15) is 0 Å². The molecule has 3 aromatic carbocycles. The van der Waals surface area contributed by atoms with Gasteiger partial charge in [0.25, 0.3) is 0 Å². The van der Waals surface area contributed by atoms with E-state index in [0.717, 1.165) is 17.0 Å². The molecule has 157 valence electrons. The number of aryl methyl sites for hydroxylation is 1. The topological polar surface area (TPSA) is 25.8 Å². The van der Waals surface area contributed by atoms with Crippen LogP contribution in [0.2, 0.25) is 0 Å². The van der Waals surface area contributed by atoms with Crippen molar-refractivity contribution in [3.8, 4) is 22.5 Å². The molecule has 0 aliphatic heterocycles. The maximum absolute atomic E-state index is 4.45. The Labute approximate surface area is 198 Å². The van der Waals surface area contributed by atoms with Crippen molar-refractivity contribution in [1.82, 2.24) is 9.97 Å². The molecule has 0 aliphatic rings. The van der Waals surface area contributed by atoms with Gasteiger partial charge in [-0.2, -0.15) is 0 Å². The summed E-state index contributed by atoms with van der Waals surface area (Å²) in [6.07, 6.45) is 3.74. The molecule has 0 aliphatic carbocycles. The summed E-state index contributed by atoms with van der Waals surface area (Å²) in [6, 6.07) is 35.8. The number of fused-ring (bicyclic) bond motifs is 1. The minimum Gasteiger partial charge on any atom is -0.358 e. The van der Waals surface area contributed by atoms with Gasteiger partial charge in [-0.15, -0.1) is 35.9 Å². The van der Waals surface area contributed by atoms with Crippen LogP contribution in [0.5, 0.6) is 0 Å². The van der Waals surface area contributed by atoms with Gasteiger partial charge in [0.05, 0.1) is 5.69 Å². The van der Waals surface area contributed by atoms with Gasteiger partial charge in [-0.3, -0.25) is 4.98 Å². The Kier molecular flexibility index (Phi) is 9.27. The second-order valence-electron chi connectivity index (χ2n) is 6.74. The van der Waals surface area contributed by atoms with E-state index in [1.54, 1.807) is 0 Å². The van der Waals surface area contributed by atoms with E-state index < -0.39 is 0 Å². The first-order valence-corrected chi connectivity index (χ1v) is 9.60. The molecule has 31 heavy (non-hydrogen) atoms. The summed E-state index contributed by atoms with van der Waals surface area (Å²) in [5.41, 5.74) is 5.44. The molecular formula is C28H24IrN2-2. The van der Waals surface area contributed by atoms with Crippen LogP contribution in [0.15, 0.2) is 109 Å². The van der Waals surface area contributed by atoms with Crippen LogP contribution >= 0.6 is 0 Å². The molecule has 5 rings (SSSR count). The molecule has 0 spiro atoms. The Balaban J connectivity index is 0.000000211. The maximum atomic E-state index is 4.45. The smallest absolute Gasteiger partial charge is 0.0702 e. The average molecular weight is 581 g/mol. The second kappa shape index (κ2) is 11.9. The Morgan fingerprint density at radius 2 is 1.45 bits per heavy atom. The van der Waals surface area contributed by atoms with Crippen molar-refractivity contribution in [2.24, 2.45) is 0 Å². The fraction of sp³-hybridized carbons (Fsp3) is 0.0357. The summed E-state index contributed by atoms with van der Waals surface area (Å²) in [7, 11) is 0. The quantitative estimate of drug-likeness (QED) is 0.206. The predicted molar refractivity (Wildman–Crippen MR) is 127 cm³/mol. The number of nitrogens with zero attached hydrogens (tertiary/aromatic N) is 2. The van der Waals surface area contributed by atoms with E-state index in [1.807, 2.05) is 86.0 Å². The van der Waals surface area contributed by atoms with Gasteiger partial charge in [0, 0.05) is 38.1 Å². The van der Waals surface area contributed by atoms with Crippen LogP contribution < -0.4 is 0 Å². The van der Waals surface area contributed by atoms with E-state index >= 15 is 0 Å². The van der Waals surface area contributed by atoms with Crippen LogP contribution in [0, 0.1) is 20.4 Å². The summed E-state index contributed by atoms with van der Waals surface area (Å²) in [4.78, 5) is 8.79. The molecule has 0 N–H and O–H groups in total. The number of benzene rings is 3. The van der Waals surface area contributed by atoms with Crippen LogP contribution in [0.3, 0.4) is 0 Å².